The fourth-order valence-electron chi connectivity index (χ4n) is 4.14. The van der Waals surface area contributed by atoms with Gasteiger partial charge in [0.2, 0.25) is 0 Å². The lowest BCUT2D eigenvalue weighted by molar-refractivity contribution is -0.153. The molecular weight excluding hydrogens is 565 g/mol. The van der Waals surface area contributed by atoms with E-state index < -0.39 is 35.6 Å². The van der Waals surface area contributed by atoms with E-state index in [9.17, 15) is 23.5 Å². The van der Waals surface area contributed by atoms with E-state index in [-0.39, 0.29) is 48.5 Å². The maximum absolute atomic E-state index is 15.1. The van der Waals surface area contributed by atoms with Crippen molar-refractivity contribution in [2.24, 2.45) is 10.4 Å². The number of anilines is 1. The molecule has 0 spiro atoms. The van der Waals surface area contributed by atoms with Gasteiger partial charge in [-0.1, -0.05) is 13.0 Å². The summed E-state index contributed by atoms with van der Waals surface area (Å²) in [4.78, 5) is 11.3. The zero-order chi connectivity index (χ0) is 30.1. The molecule has 1 unspecified atom stereocenters. The fourth-order valence-corrected chi connectivity index (χ4v) is 4.14. The standard InChI is InChI=1S/C28H22F5N5O4/c1-27(12-39)11-37-26(41-13-27)38-17-7-19(29)24(20(30)8-17)42-22-4-5-35-25-23(22)18(10-36-25)15-2-3-21(16(6-15)9-34)40-14-28(31,32)33/h2-8,10,39H,11-14H2,1H3,(H,35,36)(H,37,38). The van der Waals surface area contributed by atoms with E-state index in [1.165, 1.54) is 36.7 Å². The Morgan fingerprint density at radius 1 is 1.17 bits per heavy atom. The number of benzene rings is 2. The number of hydrogen-bond acceptors (Lipinski definition) is 8. The molecule has 14 heteroatoms. The number of pyridine rings is 1. The van der Waals surface area contributed by atoms with Gasteiger partial charge in [-0.2, -0.15) is 18.4 Å². The largest absolute Gasteiger partial charge is 0.483 e. The zero-order valence-corrected chi connectivity index (χ0v) is 21.9. The second-order valence-corrected chi connectivity index (χ2v) is 9.84. The second kappa shape index (κ2) is 11.2. The van der Waals surface area contributed by atoms with Gasteiger partial charge in [0, 0.05) is 41.2 Å². The molecule has 9 nitrogen and oxygen atoms in total. The van der Waals surface area contributed by atoms with Crippen molar-refractivity contribution in [2.45, 2.75) is 13.1 Å². The first-order valence-electron chi connectivity index (χ1n) is 12.4. The highest BCUT2D eigenvalue weighted by atomic mass is 19.4. The van der Waals surface area contributed by atoms with Gasteiger partial charge in [0.05, 0.1) is 24.1 Å². The van der Waals surface area contributed by atoms with Crippen molar-refractivity contribution in [1.82, 2.24) is 9.97 Å². The molecule has 0 fully saturated rings. The molecule has 0 amide bonds. The number of amidine groups is 1. The molecule has 2 aromatic carbocycles. The second-order valence-electron chi connectivity index (χ2n) is 9.84. The highest BCUT2D eigenvalue weighted by Gasteiger charge is 2.30. The lowest BCUT2D eigenvalue weighted by atomic mass is 9.93. The van der Waals surface area contributed by atoms with Crippen molar-refractivity contribution in [3.05, 3.63) is 66.0 Å². The van der Waals surface area contributed by atoms with Gasteiger partial charge in [0.25, 0.3) is 6.02 Å². The van der Waals surface area contributed by atoms with Crippen LogP contribution < -0.4 is 14.8 Å². The Hall–Kier alpha value is -4.90. The SMILES string of the molecule is CC1(CO)CN=C(Nc2cc(F)c(Oc3ccnc4[nH]cc(-c5ccc(OCC(F)(F)F)c(C#N)c5)c34)c(F)c2)OC1. The molecule has 2 aromatic heterocycles. The van der Waals surface area contributed by atoms with Crippen molar-refractivity contribution in [1.29, 1.82) is 5.26 Å². The number of nitriles is 1. The Morgan fingerprint density at radius 2 is 1.93 bits per heavy atom. The summed E-state index contributed by atoms with van der Waals surface area (Å²) in [5.74, 6) is -3.00. The minimum Gasteiger partial charge on any atom is -0.483 e. The van der Waals surface area contributed by atoms with Crippen LogP contribution in [0.2, 0.25) is 0 Å². The fraction of sp³-hybridized carbons (Fsp3) is 0.250. The van der Waals surface area contributed by atoms with Crippen molar-refractivity contribution >= 4 is 22.7 Å². The minimum atomic E-state index is -4.58. The number of fused-ring (bicyclic) bond motifs is 1. The predicted molar refractivity (Wildman–Crippen MR) is 141 cm³/mol. The molecule has 3 N–H and O–H groups in total. The van der Waals surface area contributed by atoms with Crippen LogP contribution in [0.25, 0.3) is 22.2 Å². The smallest absolute Gasteiger partial charge is 0.422 e. The Balaban J connectivity index is 1.43. The molecule has 0 bridgehead atoms. The quantitative estimate of drug-likeness (QED) is 0.230. The lowest BCUT2D eigenvalue weighted by Gasteiger charge is -2.30. The summed E-state index contributed by atoms with van der Waals surface area (Å²) in [6.45, 7) is 0.512. The van der Waals surface area contributed by atoms with E-state index in [1.807, 2.05) is 6.07 Å². The number of H-pyrrole nitrogens is 1. The van der Waals surface area contributed by atoms with E-state index in [4.69, 9.17) is 14.2 Å². The van der Waals surface area contributed by atoms with Crippen molar-refractivity contribution in [3.8, 4) is 34.4 Å². The topological polar surface area (TPSA) is 125 Å². The number of hydrogen-bond donors (Lipinski definition) is 3. The van der Waals surface area contributed by atoms with Gasteiger partial charge in [-0.3, -0.25) is 0 Å². The Bertz CT molecular complexity index is 1690. The summed E-state index contributed by atoms with van der Waals surface area (Å²) in [6.07, 6.45) is -1.71. The van der Waals surface area contributed by atoms with E-state index in [2.05, 4.69) is 20.3 Å². The molecule has 3 heterocycles. The molecule has 42 heavy (non-hydrogen) atoms. The van der Waals surface area contributed by atoms with Crippen LogP contribution in [0.15, 0.2) is 53.8 Å². The average molecular weight is 588 g/mol. The summed E-state index contributed by atoms with van der Waals surface area (Å²) in [5.41, 5.74) is 0.410. The number of alkyl halides is 3. The number of nitrogens with one attached hydrogen (secondary N) is 2. The zero-order valence-electron chi connectivity index (χ0n) is 21.9. The van der Waals surface area contributed by atoms with E-state index in [1.54, 1.807) is 6.92 Å². The number of aromatic nitrogens is 2. The number of aliphatic hydroxyl groups is 1. The number of aliphatic hydroxyl groups excluding tert-OH is 1. The normalized spacial score (nSPS) is 16.9. The number of nitrogens with zero attached hydrogens (tertiary/aromatic N) is 3. The number of aliphatic imine (C=N–C) groups is 1. The van der Waals surface area contributed by atoms with Gasteiger partial charge >= 0.3 is 6.18 Å². The molecule has 1 aliphatic heterocycles. The van der Waals surface area contributed by atoms with Crippen LogP contribution in [-0.4, -0.2) is 53.6 Å². The van der Waals surface area contributed by atoms with Crippen LogP contribution in [-0.2, 0) is 4.74 Å². The molecule has 5 rings (SSSR count). The monoisotopic (exact) mass is 587 g/mol. The van der Waals surface area contributed by atoms with Gasteiger partial charge in [-0.25, -0.2) is 18.8 Å². The van der Waals surface area contributed by atoms with E-state index in [0.29, 0.717) is 22.2 Å². The van der Waals surface area contributed by atoms with Crippen LogP contribution in [0.5, 0.6) is 17.2 Å². The first-order chi connectivity index (χ1) is 20.0. The third kappa shape index (κ3) is 6.06. The van der Waals surface area contributed by atoms with Crippen LogP contribution in [0.3, 0.4) is 0 Å². The lowest BCUT2D eigenvalue weighted by Crippen LogP contribution is -2.38. The predicted octanol–water partition coefficient (Wildman–Crippen LogP) is 5.91. The Labute approximate surface area is 235 Å². The van der Waals surface area contributed by atoms with Crippen molar-refractivity contribution in [3.63, 3.8) is 0 Å². The van der Waals surface area contributed by atoms with Crippen LogP contribution >= 0.6 is 0 Å². The molecule has 1 atom stereocenters. The molecule has 0 radical (unpaired) electrons. The summed E-state index contributed by atoms with van der Waals surface area (Å²) in [7, 11) is 0. The van der Waals surface area contributed by atoms with Gasteiger partial charge in [0.1, 0.15) is 29.8 Å². The van der Waals surface area contributed by atoms with Crippen LogP contribution in [0, 0.1) is 28.4 Å². The summed E-state index contributed by atoms with van der Waals surface area (Å²) >= 11 is 0. The molecule has 0 saturated heterocycles. The molecular formula is C28H22F5N5O4. The van der Waals surface area contributed by atoms with Crippen molar-refractivity contribution < 1.29 is 41.3 Å². The van der Waals surface area contributed by atoms with Crippen LogP contribution in [0.4, 0.5) is 27.6 Å². The highest BCUT2D eigenvalue weighted by molar-refractivity contribution is 5.98. The van der Waals surface area contributed by atoms with Crippen LogP contribution in [0.1, 0.15) is 12.5 Å². The number of rotatable bonds is 7. The van der Waals surface area contributed by atoms with Gasteiger partial charge < -0.3 is 29.6 Å². The average Bonchev–Trinajstić information content (AvgIpc) is 3.40. The molecule has 218 valence electrons. The third-order valence-corrected chi connectivity index (χ3v) is 6.34. The molecule has 0 aliphatic carbocycles. The minimum absolute atomic E-state index is 0.0165. The molecule has 1 aliphatic rings. The first-order valence-corrected chi connectivity index (χ1v) is 12.4. The maximum Gasteiger partial charge on any atom is 0.422 e. The van der Waals surface area contributed by atoms with Gasteiger partial charge in [-0.15, -0.1) is 0 Å². The van der Waals surface area contributed by atoms with E-state index in [0.717, 1.165) is 12.1 Å². The highest BCUT2D eigenvalue weighted by Crippen LogP contribution is 2.39. The van der Waals surface area contributed by atoms with Gasteiger partial charge in [-0.05, 0) is 23.8 Å². The van der Waals surface area contributed by atoms with Gasteiger partial charge in [0.15, 0.2) is 24.0 Å². The molecule has 4 aromatic rings. The summed E-state index contributed by atoms with van der Waals surface area (Å²) in [6, 6.07) is 9.24. The van der Waals surface area contributed by atoms with E-state index >= 15 is 8.78 Å². The Morgan fingerprint density at radius 3 is 2.57 bits per heavy atom. The number of ether oxygens (including phenoxy) is 3. The molecule has 0 saturated carbocycles. The Kier molecular flexibility index (Phi) is 7.61. The number of aromatic amines is 1. The summed E-state index contributed by atoms with van der Waals surface area (Å²) < 4.78 is 83.9. The third-order valence-electron chi connectivity index (χ3n) is 6.34. The van der Waals surface area contributed by atoms with Crippen molar-refractivity contribution in [2.75, 3.05) is 31.7 Å². The maximum atomic E-state index is 15.1. The first kappa shape index (κ1) is 28.6. The number of halogens is 5. The summed E-state index contributed by atoms with van der Waals surface area (Å²) in [5, 5.41) is 21.9.